The maximum absolute atomic E-state index is 13.6. The lowest BCUT2D eigenvalue weighted by Gasteiger charge is -2.15. The minimum absolute atomic E-state index is 0.0662. The van der Waals surface area contributed by atoms with Crippen LogP contribution in [0, 0.1) is 5.82 Å². The molecule has 0 aromatic heterocycles. The molecule has 0 aliphatic rings. The van der Waals surface area contributed by atoms with Crippen molar-refractivity contribution < 1.29 is 14.2 Å². The number of hydrogen-bond donors (Lipinski definition) is 2. The van der Waals surface area contributed by atoms with Crippen LogP contribution in [0.2, 0.25) is 0 Å². The lowest BCUT2D eigenvalue weighted by molar-refractivity contribution is 0.230. The van der Waals surface area contributed by atoms with Crippen LogP contribution in [0.3, 0.4) is 0 Å². The number of halogens is 1. The third-order valence-corrected chi connectivity index (χ3v) is 2.29. The maximum atomic E-state index is 13.6. The summed E-state index contributed by atoms with van der Waals surface area (Å²) in [4.78, 5) is 0. The average molecular weight is 227 g/mol. The Morgan fingerprint density at radius 2 is 2.12 bits per heavy atom. The van der Waals surface area contributed by atoms with Crippen LogP contribution in [-0.2, 0) is 0 Å². The Balaban J connectivity index is 2.89. The van der Waals surface area contributed by atoms with Crippen molar-refractivity contribution in [2.75, 3.05) is 13.2 Å². The minimum Gasteiger partial charge on any atom is -0.488 e. The maximum Gasteiger partial charge on any atom is 0.165 e. The van der Waals surface area contributed by atoms with Crippen LogP contribution in [0.25, 0.3) is 0 Å². The second kappa shape index (κ2) is 5.82. The largest absolute Gasteiger partial charge is 0.488 e. The third kappa shape index (κ3) is 3.18. The number of aliphatic hydroxyl groups excluding tert-OH is 1. The summed E-state index contributed by atoms with van der Waals surface area (Å²) in [5.41, 5.74) is 6.16. The molecule has 0 radical (unpaired) electrons. The van der Waals surface area contributed by atoms with E-state index in [2.05, 4.69) is 0 Å². The van der Waals surface area contributed by atoms with Crippen LogP contribution < -0.4 is 10.5 Å². The summed E-state index contributed by atoms with van der Waals surface area (Å²) in [6.07, 6.45) is -0.0662. The highest BCUT2D eigenvalue weighted by Crippen LogP contribution is 2.23. The molecule has 3 N–H and O–H groups in total. The van der Waals surface area contributed by atoms with Gasteiger partial charge in [-0.1, -0.05) is 6.07 Å². The number of aliphatic hydroxyl groups is 1. The molecular weight excluding hydrogens is 209 g/mol. The van der Waals surface area contributed by atoms with Gasteiger partial charge in [0.05, 0.1) is 12.7 Å². The Bertz CT molecular complexity index is 338. The van der Waals surface area contributed by atoms with Gasteiger partial charge in [0, 0.05) is 12.5 Å². The highest BCUT2D eigenvalue weighted by molar-refractivity contribution is 5.31. The van der Waals surface area contributed by atoms with E-state index < -0.39 is 5.82 Å². The first-order valence-corrected chi connectivity index (χ1v) is 5.35. The van der Waals surface area contributed by atoms with Gasteiger partial charge in [0.2, 0.25) is 0 Å². The highest BCUT2D eigenvalue weighted by atomic mass is 19.1. The minimum atomic E-state index is -0.418. The first-order chi connectivity index (χ1) is 7.58. The molecule has 0 bridgehead atoms. The van der Waals surface area contributed by atoms with Gasteiger partial charge in [-0.05, 0) is 31.5 Å². The van der Waals surface area contributed by atoms with Crippen molar-refractivity contribution in [1.29, 1.82) is 0 Å². The van der Waals surface area contributed by atoms with Gasteiger partial charge in [-0.15, -0.1) is 0 Å². The summed E-state index contributed by atoms with van der Waals surface area (Å²) < 4.78 is 18.9. The zero-order chi connectivity index (χ0) is 12.1. The van der Waals surface area contributed by atoms with Crippen molar-refractivity contribution in [1.82, 2.24) is 0 Å². The van der Waals surface area contributed by atoms with Crippen LogP contribution >= 0.6 is 0 Å². The Hall–Kier alpha value is -1.13. The van der Waals surface area contributed by atoms with Crippen LogP contribution in [0.1, 0.15) is 25.3 Å². The number of hydrogen-bond acceptors (Lipinski definition) is 3. The third-order valence-electron chi connectivity index (χ3n) is 2.29. The van der Waals surface area contributed by atoms with Crippen molar-refractivity contribution >= 4 is 0 Å². The van der Waals surface area contributed by atoms with E-state index in [-0.39, 0.29) is 24.4 Å². The summed E-state index contributed by atoms with van der Waals surface area (Å²) in [5.74, 6) is -0.409. The Morgan fingerprint density at radius 3 is 2.56 bits per heavy atom. The molecule has 0 heterocycles. The van der Waals surface area contributed by atoms with Gasteiger partial charge in [0.25, 0.3) is 0 Å². The summed E-state index contributed by atoms with van der Waals surface area (Å²) in [7, 11) is 0. The molecule has 0 fully saturated rings. The molecule has 1 rings (SSSR count). The average Bonchev–Trinajstić information content (AvgIpc) is 2.23. The first-order valence-electron chi connectivity index (χ1n) is 5.35. The molecule has 0 aliphatic heterocycles. The van der Waals surface area contributed by atoms with Crippen LogP contribution in [0.4, 0.5) is 4.39 Å². The number of ether oxygens (including phenoxy) is 1. The lowest BCUT2D eigenvalue weighted by atomic mass is 10.00. The van der Waals surface area contributed by atoms with Gasteiger partial charge < -0.3 is 15.6 Å². The molecule has 1 atom stereocenters. The molecule has 0 saturated carbocycles. The molecule has 3 nitrogen and oxygen atoms in total. The highest BCUT2D eigenvalue weighted by Gasteiger charge is 2.12. The van der Waals surface area contributed by atoms with E-state index in [1.165, 1.54) is 6.07 Å². The molecule has 1 aromatic rings. The van der Waals surface area contributed by atoms with Crippen molar-refractivity contribution in [3.63, 3.8) is 0 Å². The van der Waals surface area contributed by atoms with Crippen LogP contribution in [-0.4, -0.2) is 24.4 Å². The van der Waals surface area contributed by atoms with Crippen molar-refractivity contribution in [2.45, 2.75) is 25.9 Å². The smallest absolute Gasteiger partial charge is 0.165 e. The number of benzene rings is 1. The van der Waals surface area contributed by atoms with Crippen molar-refractivity contribution in [3.8, 4) is 5.75 Å². The van der Waals surface area contributed by atoms with Gasteiger partial charge >= 0.3 is 0 Å². The summed E-state index contributed by atoms with van der Waals surface area (Å²) >= 11 is 0. The second-order valence-corrected chi connectivity index (χ2v) is 3.97. The van der Waals surface area contributed by atoms with E-state index in [4.69, 9.17) is 15.6 Å². The Morgan fingerprint density at radius 1 is 1.44 bits per heavy atom. The molecule has 90 valence electrons. The fourth-order valence-electron chi connectivity index (χ4n) is 1.44. The van der Waals surface area contributed by atoms with Gasteiger partial charge in [-0.3, -0.25) is 0 Å². The van der Waals surface area contributed by atoms with Crippen LogP contribution in [0.15, 0.2) is 18.2 Å². The number of nitrogens with two attached hydrogens (primary N) is 1. The van der Waals surface area contributed by atoms with E-state index in [0.29, 0.717) is 12.1 Å². The number of rotatable bonds is 5. The molecular formula is C12H18FNO2. The van der Waals surface area contributed by atoms with Gasteiger partial charge in [-0.2, -0.15) is 0 Å². The van der Waals surface area contributed by atoms with Crippen LogP contribution in [0.5, 0.6) is 5.75 Å². The molecule has 16 heavy (non-hydrogen) atoms. The Kier molecular flexibility index (Phi) is 4.71. The fourth-order valence-corrected chi connectivity index (χ4v) is 1.44. The van der Waals surface area contributed by atoms with Crippen molar-refractivity contribution in [2.24, 2.45) is 5.73 Å². The van der Waals surface area contributed by atoms with E-state index in [1.807, 2.05) is 13.8 Å². The molecule has 1 unspecified atom stereocenters. The zero-order valence-electron chi connectivity index (χ0n) is 9.61. The predicted octanol–water partition coefficient (Wildman–Crippen LogP) is 1.65. The van der Waals surface area contributed by atoms with E-state index in [1.54, 1.807) is 12.1 Å². The summed E-state index contributed by atoms with van der Waals surface area (Å²) in [5, 5.41) is 9.05. The molecule has 0 spiro atoms. The van der Waals surface area contributed by atoms with E-state index in [0.717, 1.165) is 0 Å². The fraction of sp³-hybridized carbons (Fsp3) is 0.500. The SMILES string of the molecule is CC(C)Oc1ccc(C(CN)CO)cc1F. The summed E-state index contributed by atoms with van der Waals surface area (Å²) in [6, 6.07) is 4.67. The molecule has 0 aliphatic carbocycles. The Labute approximate surface area is 95.0 Å². The monoisotopic (exact) mass is 227 g/mol. The topological polar surface area (TPSA) is 55.5 Å². The quantitative estimate of drug-likeness (QED) is 0.804. The first kappa shape index (κ1) is 12.9. The molecule has 0 saturated heterocycles. The van der Waals surface area contributed by atoms with Gasteiger partial charge in [-0.25, -0.2) is 4.39 Å². The van der Waals surface area contributed by atoms with E-state index >= 15 is 0 Å². The molecule has 1 aromatic carbocycles. The lowest BCUT2D eigenvalue weighted by Crippen LogP contribution is -2.16. The molecule has 4 heteroatoms. The van der Waals surface area contributed by atoms with Gasteiger partial charge in [0.15, 0.2) is 11.6 Å². The van der Waals surface area contributed by atoms with Crippen molar-refractivity contribution in [3.05, 3.63) is 29.6 Å². The second-order valence-electron chi connectivity index (χ2n) is 3.97. The van der Waals surface area contributed by atoms with Gasteiger partial charge in [0.1, 0.15) is 0 Å². The molecule has 0 amide bonds. The summed E-state index contributed by atoms with van der Waals surface area (Å²) in [6.45, 7) is 3.88. The normalized spacial score (nSPS) is 12.9. The zero-order valence-corrected chi connectivity index (χ0v) is 9.61. The predicted molar refractivity (Wildman–Crippen MR) is 61.0 cm³/mol. The standard InChI is InChI=1S/C12H18FNO2/c1-8(2)16-12-4-3-9(5-11(12)13)10(6-14)7-15/h3-5,8,10,15H,6-7,14H2,1-2H3. The van der Waals surface area contributed by atoms with E-state index in [9.17, 15) is 4.39 Å².